The zero-order chi connectivity index (χ0) is 18.5. The second-order valence-corrected chi connectivity index (χ2v) is 5.82. The van der Waals surface area contributed by atoms with Crippen molar-refractivity contribution in [1.29, 1.82) is 0 Å². The topological polar surface area (TPSA) is 87.7 Å². The van der Waals surface area contributed by atoms with Crippen molar-refractivity contribution in [1.82, 2.24) is 5.32 Å². The van der Waals surface area contributed by atoms with E-state index >= 15 is 0 Å². The SMILES string of the molecule is C[C@@H]1NC(=O)N(c2ccccc2NC(=O)CCOc2ccccc2)C1=O. The minimum Gasteiger partial charge on any atom is -0.493 e. The van der Waals surface area contributed by atoms with Gasteiger partial charge < -0.3 is 15.4 Å². The number of imide groups is 1. The molecule has 1 fully saturated rings. The number of urea groups is 1. The monoisotopic (exact) mass is 353 g/mol. The van der Waals surface area contributed by atoms with Gasteiger partial charge in [0, 0.05) is 0 Å². The Bertz CT molecular complexity index is 823. The van der Waals surface area contributed by atoms with Crippen molar-refractivity contribution in [2.45, 2.75) is 19.4 Å². The second-order valence-electron chi connectivity index (χ2n) is 5.82. The van der Waals surface area contributed by atoms with Crippen LogP contribution >= 0.6 is 0 Å². The van der Waals surface area contributed by atoms with Gasteiger partial charge in [-0.2, -0.15) is 0 Å². The minimum atomic E-state index is -0.592. The molecule has 0 saturated carbocycles. The molecule has 0 aromatic heterocycles. The van der Waals surface area contributed by atoms with Gasteiger partial charge in [-0.05, 0) is 31.2 Å². The van der Waals surface area contributed by atoms with Gasteiger partial charge in [-0.3, -0.25) is 9.59 Å². The van der Waals surface area contributed by atoms with E-state index in [1.165, 1.54) is 0 Å². The summed E-state index contributed by atoms with van der Waals surface area (Å²) in [6.07, 6.45) is 0.139. The van der Waals surface area contributed by atoms with Crippen LogP contribution in [-0.2, 0) is 9.59 Å². The van der Waals surface area contributed by atoms with Crippen molar-refractivity contribution in [3.8, 4) is 5.75 Å². The third-order valence-corrected chi connectivity index (χ3v) is 3.89. The molecule has 7 heteroatoms. The molecule has 1 saturated heterocycles. The normalized spacial score (nSPS) is 16.3. The maximum Gasteiger partial charge on any atom is 0.329 e. The van der Waals surface area contributed by atoms with E-state index in [1.54, 1.807) is 31.2 Å². The largest absolute Gasteiger partial charge is 0.493 e. The average molecular weight is 353 g/mol. The van der Waals surface area contributed by atoms with E-state index in [1.807, 2.05) is 30.3 Å². The molecule has 134 valence electrons. The highest BCUT2D eigenvalue weighted by molar-refractivity contribution is 6.23. The number of amides is 4. The van der Waals surface area contributed by atoms with Crippen LogP contribution in [0.1, 0.15) is 13.3 Å². The summed E-state index contributed by atoms with van der Waals surface area (Å²) in [5.74, 6) is 0.0617. The lowest BCUT2D eigenvalue weighted by molar-refractivity contribution is -0.118. The van der Waals surface area contributed by atoms with Crippen LogP contribution < -0.4 is 20.3 Å². The highest BCUT2D eigenvalue weighted by Gasteiger charge is 2.37. The lowest BCUT2D eigenvalue weighted by atomic mass is 10.2. The maximum absolute atomic E-state index is 12.2. The van der Waals surface area contributed by atoms with Gasteiger partial charge in [0.1, 0.15) is 11.8 Å². The summed E-state index contributed by atoms with van der Waals surface area (Å²) < 4.78 is 5.50. The summed E-state index contributed by atoms with van der Waals surface area (Å²) in [6.45, 7) is 1.83. The first-order valence-electron chi connectivity index (χ1n) is 8.27. The second kappa shape index (κ2) is 7.69. The Labute approximate surface area is 150 Å². The molecule has 0 spiro atoms. The van der Waals surface area contributed by atoms with Crippen molar-refractivity contribution in [3.05, 3.63) is 54.6 Å². The predicted molar refractivity (Wildman–Crippen MR) is 97.1 cm³/mol. The van der Waals surface area contributed by atoms with Crippen molar-refractivity contribution in [3.63, 3.8) is 0 Å². The molecule has 2 aromatic rings. The number of anilines is 2. The number of nitrogens with zero attached hydrogens (tertiary/aromatic N) is 1. The summed E-state index contributed by atoms with van der Waals surface area (Å²) in [7, 11) is 0. The Kier molecular flexibility index (Phi) is 5.17. The average Bonchev–Trinajstić information content (AvgIpc) is 2.89. The van der Waals surface area contributed by atoms with Crippen LogP contribution in [0.5, 0.6) is 5.75 Å². The number of ether oxygens (including phenoxy) is 1. The number of benzene rings is 2. The molecule has 1 heterocycles. The van der Waals surface area contributed by atoms with Gasteiger partial charge in [0.05, 0.1) is 24.4 Å². The maximum atomic E-state index is 12.2. The van der Waals surface area contributed by atoms with Crippen LogP contribution in [0, 0.1) is 0 Å². The Morgan fingerprint density at radius 3 is 2.50 bits per heavy atom. The van der Waals surface area contributed by atoms with Gasteiger partial charge in [0.15, 0.2) is 0 Å². The van der Waals surface area contributed by atoms with Crippen molar-refractivity contribution in [2.75, 3.05) is 16.8 Å². The summed E-state index contributed by atoms with van der Waals surface area (Å²) in [5, 5.41) is 5.29. The van der Waals surface area contributed by atoms with Crippen LogP contribution in [0.3, 0.4) is 0 Å². The highest BCUT2D eigenvalue weighted by Crippen LogP contribution is 2.28. The Morgan fingerprint density at radius 2 is 1.81 bits per heavy atom. The molecule has 7 nitrogen and oxygen atoms in total. The third kappa shape index (κ3) is 3.83. The van der Waals surface area contributed by atoms with Crippen LogP contribution in [-0.4, -0.2) is 30.5 Å². The number of nitrogens with one attached hydrogen (secondary N) is 2. The first-order valence-corrected chi connectivity index (χ1v) is 8.27. The zero-order valence-electron chi connectivity index (χ0n) is 14.3. The lowest BCUT2D eigenvalue weighted by Gasteiger charge is -2.17. The third-order valence-electron chi connectivity index (χ3n) is 3.89. The number of carbonyl (C=O) groups excluding carboxylic acids is 3. The van der Waals surface area contributed by atoms with Gasteiger partial charge in [-0.25, -0.2) is 9.69 Å². The first kappa shape index (κ1) is 17.5. The molecule has 2 N–H and O–H groups in total. The highest BCUT2D eigenvalue weighted by atomic mass is 16.5. The number of hydrogen-bond acceptors (Lipinski definition) is 4. The number of rotatable bonds is 6. The summed E-state index contributed by atoms with van der Waals surface area (Å²) >= 11 is 0. The smallest absolute Gasteiger partial charge is 0.329 e. The summed E-state index contributed by atoms with van der Waals surface area (Å²) in [5.41, 5.74) is 0.742. The quantitative estimate of drug-likeness (QED) is 0.781. The van der Waals surface area contributed by atoms with Crippen LogP contribution in [0.15, 0.2) is 54.6 Å². The molecule has 2 aromatic carbocycles. The molecular weight excluding hydrogens is 334 g/mol. The van der Waals surface area contributed by atoms with E-state index in [0.29, 0.717) is 17.1 Å². The molecular formula is C19H19N3O4. The number of hydrogen-bond donors (Lipinski definition) is 2. The van der Waals surface area contributed by atoms with E-state index in [2.05, 4.69) is 10.6 Å². The Balaban J connectivity index is 1.64. The molecule has 0 radical (unpaired) electrons. The van der Waals surface area contributed by atoms with Gasteiger partial charge >= 0.3 is 6.03 Å². The van der Waals surface area contributed by atoms with Gasteiger partial charge in [-0.15, -0.1) is 0 Å². The molecule has 1 aliphatic heterocycles. The van der Waals surface area contributed by atoms with E-state index in [9.17, 15) is 14.4 Å². The summed E-state index contributed by atoms with van der Waals surface area (Å²) in [6, 6.07) is 14.8. The van der Waals surface area contributed by atoms with E-state index < -0.39 is 12.1 Å². The summed E-state index contributed by atoms with van der Waals surface area (Å²) in [4.78, 5) is 37.5. The van der Waals surface area contributed by atoms with Crippen LogP contribution in [0.4, 0.5) is 16.2 Å². The first-order chi connectivity index (χ1) is 12.6. The molecule has 0 aliphatic carbocycles. The van der Waals surface area contributed by atoms with E-state index in [4.69, 9.17) is 4.74 Å². The van der Waals surface area contributed by atoms with Crippen molar-refractivity contribution >= 4 is 29.2 Å². The van der Waals surface area contributed by atoms with Gasteiger partial charge in [0.25, 0.3) is 5.91 Å². The lowest BCUT2D eigenvalue weighted by Crippen LogP contribution is -2.32. The zero-order valence-corrected chi connectivity index (χ0v) is 14.3. The number of carbonyl (C=O) groups is 3. The van der Waals surface area contributed by atoms with Crippen LogP contribution in [0.25, 0.3) is 0 Å². The van der Waals surface area contributed by atoms with Crippen molar-refractivity contribution < 1.29 is 19.1 Å². The van der Waals surface area contributed by atoms with Crippen molar-refractivity contribution in [2.24, 2.45) is 0 Å². The number of para-hydroxylation sites is 3. The molecule has 0 unspecified atom stereocenters. The molecule has 0 bridgehead atoms. The standard InChI is InChI=1S/C19H19N3O4/c1-13-18(24)22(19(25)20-13)16-10-6-5-9-15(16)21-17(23)11-12-26-14-7-3-2-4-8-14/h2-10,13H,11-12H2,1H3,(H,20,25)(H,21,23)/t13-/m0/s1. The molecule has 26 heavy (non-hydrogen) atoms. The molecule has 4 amide bonds. The fourth-order valence-electron chi connectivity index (χ4n) is 2.60. The molecule has 1 atom stereocenters. The minimum absolute atomic E-state index is 0.139. The van der Waals surface area contributed by atoms with E-state index in [-0.39, 0.29) is 24.8 Å². The fraction of sp³-hybridized carbons (Fsp3) is 0.211. The Hall–Kier alpha value is -3.35. The fourth-order valence-corrected chi connectivity index (χ4v) is 2.60. The van der Waals surface area contributed by atoms with E-state index in [0.717, 1.165) is 4.90 Å². The van der Waals surface area contributed by atoms with Gasteiger partial charge in [-0.1, -0.05) is 30.3 Å². The van der Waals surface area contributed by atoms with Crippen LogP contribution in [0.2, 0.25) is 0 Å². The molecule has 3 rings (SSSR count). The van der Waals surface area contributed by atoms with Gasteiger partial charge in [0.2, 0.25) is 5.91 Å². The Morgan fingerprint density at radius 1 is 1.12 bits per heavy atom. The predicted octanol–water partition coefficient (Wildman–Crippen LogP) is 2.54. The molecule has 1 aliphatic rings.